The van der Waals surface area contributed by atoms with Crippen molar-refractivity contribution in [1.82, 2.24) is 0 Å². The topological polar surface area (TPSA) is 72.6 Å². The Bertz CT molecular complexity index is 663. The van der Waals surface area contributed by atoms with Crippen LogP contribution in [0.2, 0.25) is 5.02 Å². The zero-order chi connectivity index (χ0) is 14.7. The zero-order valence-corrected chi connectivity index (χ0v) is 12.4. The summed E-state index contributed by atoms with van der Waals surface area (Å²) in [5.41, 5.74) is 0.523. The van der Waals surface area contributed by atoms with Crippen LogP contribution in [0.4, 0.5) is 5.69 Å². The quantitative estimate of drug-likeness (QED) is 0.653. The van der Waals surface area contributed by atoms with Crippen LogP contribution in [-0.2, 0) is 6.61 Å². The predicted molar refractivity (Wildman–Crippen MR) is 78.2 cm³/mol. The van der Waals surface area contributed by atoms with E-state index in [2.05, 4.69) is 15.9 Å². The van der Waals surface area contributed by atoms with Gasteiger partial charge in [0, 0.05) is 21.6 Å². The molecule has 0 bridgehead atoms. The van der Waals surface area contributed by atoms with E-state index in [0.29, 0.717) is 20.8 Å². The Balaban J connectivity index is 2.36. The molecule has 0 radical (unpaired) electrons. The van der Waals surface area contributed by atoms with Crippen molar-refractivity contribution in [2.75, 3.05) is 0 Å². The lowest BCUT2D eigenvalue weighted by molar-refractivity contribution is -0.385. The van der Waals surface area contributed by atoms with E-state index in [9.17, 15) is 10.1 Å². The van der Waals surface area contributed by atoms with Gasteiger partial charge in [0.15, 0.2) is 0 Å². The maximum Gasteiger partial charge on any atom is 0.311 e. The highest BCUT2D eigenvalue weighted by Crippen LogP contribution is 2.35. The monoisotopic (exact) mass is 357 g/mol. The van der Waals surface area contributed by atoms with Crippen molar-refractivity contribution < 1.29 is 14.8 Å². The molecular weight excluding hydrogens is 350 g/mol. The van der Waals surface area contributed by atoms with Gasteiger partial charge in [0.1, 0.15) is 5.75 Å². The highest BCUT2D eigenvalue weighted by atomic mass is 79.9. The van der Waals surface area contributed by atoms with Crippen LogP contribution in [0.5, 0.6) is 11.5 Å². The van der Waals surface area contributed by atoms with Crippen molar-refractivity contribution in [2.24, 2.45) is 0 Å². The second-order valence-corrected chi connectivity index (χ2v) is 5.17. The number of hydrogen-bond donors (Lipinski definition) is 1. The summed E-state index contributed by atoms with van der Waals surface area (Å²) in [5.74, 6) is 0.464. The largest absolute Gasteiger partial charge is 0.450 e. The fraction of sp³-hybridized carbons (Fsp3) is 0.0769. The Morgan fingerprint density at radius 1 is 1.30 bits per heavy atom. The zero-order valence-electron chi connectivity index (χ0n) is 10.0. The van der Waals surface area contributed by atoms with Gasteiger partial charge in [0.05, 0.1) is 11.5 Å². The summed E-state index contributed by atoms with van der Waals surface area (Å²) in [7, 11) is 0. The van der Waals surface area contributed by atoms with Crippen molar-refractivity contribution >= 4 is 33.2 Å². The Morgan fingerprint density at radius 2 is 2.05 bits per heavy atom. The molecule has 0 unspecified atom stereocenters. The number of nitro groups is 1. The molecule has 0 atom stereocenters. The lowest BCUT2D eigenvalue weighted by atomic mass is 10.2. The lowest BCUT2D eigenvalue weighted by Gasteiger charge is -2.08. The first-order chi connectivity index (χ1) is 9.51. The smallest absolute Gasteiger partial charge is 0.311 e. The van der Waals surface area contributed by atoms with Crippen molar-refractivity contribution in [3.05, 3.63) is 61.6 Å². The third-order valence-electron chi connectivity index (χ3n) is 2.54. The van der Waals surface area contributed by atoms with Crippen molar-refractivity contribution in [2.45, 2.75) is 6.61 Å². The lowest BCUT2D eigenvalue weighted by Crippen LogP contribution is -1.94. The number of rotatable bonds is 4. The Kier molecular flexibility index (Phi) is 4.59. The molecule has 0 saturated carbocycles. The molecule has 2 aromatic carbocycles. The molecule has 2 rings (SSSR count). The predicted octanol–water partition coefficient (Wildman–Crippen LogP) is 4.30. The van der Waals surface area contributed by atoms with E-state index in [1.807, 2.05) is 0 Å². The normalized spacial score (nSPS) is 10.3. The number of aliphatic hydroxyl groups excluding tert-OH is 1. The van der Waals surface area contributed by atoms with Gasteiger partial charge in [-0.2, -0.15) is 0 Å². The van der Waals surface area contributed by atoms with E-state index in [4.69, 9.17) is 21.4 Å². The summed E-state index contributed by atoms with van der Waals surface area (Å²) in [6.07, 6.45) is 0. The van der Waals surface area contributed by atoms with Crippen LogP contribution in [0.25, 0.3) is 0 Å². The summed E-state index contributed by atoms with van der Waals surface area (Å²) >= 11 is 9.10. The molecule has 0 aliphatic carbocycles. The van der Waals surface area contributed by atoms with E-state index in [1.165, 1.54) is 18.2 Å². The van der Waals surface area contributed by atoms with Gasteiger partial charge in [-0.05, 0) is 23.8 Å². The van der Waals surface area contributed by atoms with Gasteiger partial charge in [-0.3, -0.25) is 10.1 Å². The molecule has 0 aliphatic heterocycles. The molecule has 0 aliphatic rings. The molecule has 0 saturated heterocycles. The van der Waals surface area contributed by atoms with E-state index in [0.717, 1.165) is 0 Å². The number of halogens is 2. The summed E-state index contributed by atoms with van der Waals surface area (Å²) < 4.78 is 6.15. The number of benzene rings is 2. The van der Waals surface area contributed by atoms with Crippen LogP contribution in [0, 0.1) is 10.1 Å². The maximum atomic E-state index is 10.9. The Hall–Kier alpha value is -1.63. The number of ether oxygens (including phenoxy) is 1. The van der Waals surface area contributed by atoms with Crippen LogP contribution < -0.4 is 4.74 Å². The van der Waals surface area contributed by atoms with Crippen LogP contribution >= 0.6 is 27.5 Å². The van der Waals surface area contributed by atoms with Crippen molar-refractivity contribution in [3.63, 3.8) is 0 Å². The first kappa shape index (κ1) is 14.8. The van der Waals surface area contributed by atoms with E-state index in [1.54, 1.807) is 18.2 Å². The molecule has 0 fully saturated rings. The number of nitro benzene ring substituents is 1. The molecule has 104 valence electrons. The van der Waals surface area contributed by atoms with Crippen molar-refractivity contribution in [3.8, 4) is 11.5 Å². The second kappa shape index (κ2) is 6.21. The standard InChI is InChI=1S/C13H9BrClNO4/c14-11-6-10(3-1-8(11)7-17)20-13-5-9(15)2-4-12(13)16(18)19/h1-6,17H,7H2. The van der Waals surface area contributed by atoms with Gasteiger partial charge in [0.2, 0.25) is 5.75 Å². The summed E-state index contributed by atoms with van der Waals surface area (Å²) in [6, 6.07) is 8.99. The third-order valence-corrected chi connectivity index (χ3v) is 3.51. The molecule has 20 heavy (non-hydrogen) atoms. The second-order valence-electron chi connectivity index (χ2n) is 3.88. The Labute approximate surface area is 128 Å². The highest BCUT2D eigenvalue weighted by molar-refractivity contribution is 9.10. The average Bonchev–Trinajstić information content (AvgIpc) is 2.38. The molecule has 0 amide bonds. The minimum absolute atomic E-state index is 0.0612. The number of hydrogen-bond acceptors (Lipinski definition) is 4. The van der Waals surface area contributed by atoms with Crippen LogP contribution in [0.1, 0.15) is 5.56 Å². The van der Waals surface area contributed by atoms with E-state index in [-0.39, 0.29) is 18.0 Å². The first-order valence-electron chi connectivity index (χ1n) is 5.52. The maximum absolute atomic E-state index is 10.9. The summed E-state index contributed by atoms with van der Waals surface area (Å²) in [6.45, 7) is -0.113. The molecule has 7 heteroatoms. The first-order valence-corrected chi connectivity index (χ1v) is 6.69. The highest BCUT2D eigenvalue weighted by Gasteiger charge is 2.16. The molecule has 1 N–H and O–H groups in total. The molecular formula is C13H9BrClNO4. The van der Waals surface area contributed by atoms with Gasteiger partial charge in [-0.25, -0.2) is 0 Å². The van der Waals surface area contributed by atoms with Crippen molar-refractivity contribution in [1.29, 1.82) is 0 Å². The SMILES string of the molecule is O=[N+]([O-])c1ccc(Cl)cc1Oc1ccc(CO)c(Br)c1. The average molecular weight is 359 g/mol. The van der Waals surface area contributed by atoms with Gasteiger partial charge in [-0.1, -0.05) is 33.6 Å². The molecule has 0 aromatic heterocycles. The van der Waals surface area contributed by atoms with Gasteiger partial charge in [0.25, 0.3) is 0 Å². The summed E-state index contributed by atoms with van der Waals surface area (Å²) in [4.78, 5) is 10.4. The Morgan fingerprint density at radius 3 is 2.65 bits per heavy atom. The van der Waals surface area contributed by atoms with Gasteiger partial charge >= 0.3 is 5.69 Å². The fourth-order valence-electron chi connectivity index (χ4n) is 1.57. The number of nitrogens with zero attached hydrogens (tertiary/aromatic N) is 1. The fourth-order valence-corrected chi connectivity index (χ4v) is 2.21. The minimum Gasteiger partial charge on any atom is -0.450 e. The minimum atomic E-state index is -0.539. The van der Waals surface area contributed by atoms with E-state index >= 15 is 0 Å². The number of aliphatic hydroxyl groups is 1. The van der Waals surface area contributed by atoms with Gasteiger partial charge in [-0.15, -0.1) is 0 Å². The molecule has 0 spiro atoms. The third kappa shape index (κ3) is 3.27. The molecule has 0 heterocycles. The van der Waals surface area contributed by atoms with Crippen LogP contribution in [0.3, 0.4) is 0 Å². The molecule has 2 aromatic rings. The van der Waals surface area contributed by atoms with E-state index < -0.39 is 4.92 Å². The summed E-state index contributed by atoms with van der Waals surface area (Å²) in [5, 5.41) is 20.3. The van der Waals surface area contributed by atoms with Gasteiger partial charge < -0.3 is 9.84 Å². The van der Waals surface area contributed by atoms with Crippen LogP contribution in [-0.4, -0.2) is 10.0 Å². The van der Waals surface area contributed by atoms with Crippen LogP contribution in [0.15, 0.2) is 40.9 Å². The molecule has 5 nitrogen and oxygen atoms in total.